The minimum Gasteiger partial charge on any atom is -0.493 e. The van der Waals surface area contributed by atoms with Crippen molar-refractivity contribution in [3.63, 3.8) is 0 Å². The van der Waals surface area contributed by atoms with Crippen LogP contribution in [0.2, 0.25) is 0 Å². The molecule has 1 atom stereocenters. The van der Waals surface area contributed by atoms with Crippen molar-refractivity contribution in [3.8, 4) is 11.5 Å². The highest BCUT2D eigenvalue weighted by Gasteiger charge is 2.85. The Morgan fingerprint density at radius 1 is 0.871 bits per heavy atom. The molecule has 15 heteroatoms. The lowest BCUT2D eigenvalue weighted by molar-refractivity contribution is -0.452. The number of methoxy groups -OCH3 is 1. The number of rotatable bonds is 4. The zero-order valence-corrected chi connectivity index (χ0v) is 15.7. The summed E-state index contributed by atoms with van der Waals surface area (Å²) in [7, 11) is 1.08. The minimum atomic E-state index is -4.34. The molecule has 1 aromatic rings. The largest absolute Gasteiger partial charge is 0.493 e. The van der Waals surface area contributed by atoms with Gasteiger partial charge in [0, 0.05) is 0 Å². The Labute approximate surface area is 172 Å². The van der Waals surface area contributed by atoms with Gasteiger partial charge >= 0.3 is 0 Å². The van der Waals surface area contributed by atoms with Crippen LogP contribution >= 0.6 is 0 Å². The standard InChI is InChI=1S/C16H21NO14/c1-30-7-3-2-6(11(19)5-9(18)17-16(11,28)29)4-8(7)31-10-12(20,21)14(24,25)15(26,27)13(10,22)23/h2-4,10,19-29H,5H2,1H3,(H,17,18). The Bertz CT molecular complexity index is 884. The summed E-state index contributed by atoms with van der Waals surface area (Å²) in [5.41, 5.74) is -3.09. The average Bonchev–Trinajstić information content (AvgIpc) is 2.88. The lowest BCUT2D eigenvalue weighted by atomic mass is 9.89. The molecule has 31 heavy (non-hydrogen) atoms. The van der Waals surface area contributed by atoms with Gasteiger partial charge in [-0.3, -0.25) is 4.79 Å². The van der Waals surface area contributed by atoms with E-state index in [0.29, 0.717) is 0 Å². The highest BCUT2D eigenvalue weighted by molar-refractivity contribution is 5.81. The Morgan fingerprint density at radius 3 is 1.81 bits per heavy atom. The molecule has 1 aliphatic heterocycles. The summed E-state index contributed by atoms with van der Waals surface area (Å²) >= 11 is 0. The molecule has 15 nitrogen and oxygen atoms in total. The van der Waals surface area contributed by atoms with Crippen molar-refractivity contribution in [2.24, 2.45) is 0 Å². The first kappa shape index (κ1) is 23.5. The van der Waals surface area contributed by atoms with Crippen LogP contribution in [-0.4, -0.2) is 104 Å². The third kappa shape index (κ3) is 2.85. The summed E-state index contributed by atoms with van der Waals surface area (Å²) in [6, 6.07) is 2.85. The molecule has 2 fully saturated rings. The van der Waals surface area contributed by atoms with Crippen molar-refractivity contribution in [3.05, 3.63) is 23.8 Å². The molecule has 1 saturated heterocycles. The van der Waals surface area contributed by atoms with Crippen LogP contribution in [0.1, 0.15) is 12.0 Å². The number of benzene rings is 1. The maximum atomic E-state index is 11.6. The van der Waals surface area contributed by atoms with E-state index in [1.807, 2.05) is 0 Å². The highest BCUT2D eigenvalue weighted by Crippen LogP contribution is 2.50. The van der Waals surface area contributed by atoms with Gasteiger partial charge in [0.25, 0.3) is 29.1 Å². The molecule has 2 aliphatic rings. The Morgan fingerprint density at radius 2 is 1.39 bits per heavy atom. The third-order valence-corrected chi connectivity index (χ3v) is 5.44. The van der Waals surface area contributed by atoms with Gasteiger partial charge in [-0.15, -0.1) is 0 Å². The van der Waals surface area contributed by atoms with E-state index >= 15 is 0 Å². The molecule has 12 N–H and O–H groups in total. The maximum Gasteiger partial charge on any atom is 0.284 e. The molecule has 1 aromatic carbocycles. The van der Waals surface area contributed by atoms with Crippen molar-refractivity contribution < 1.29 is 70.4 Å². The molecule has 3 rings (SSSR count). The Kier molecular flexibility index (Phi) is 4.88. The fourth-order valence-electron chi connectivity index (χ4n) is 3.48. The smallest absolute Gasteiger partial charge is 0.284 e. The molecule has 0 bridgehead atoms. The first-order chi connectivity index (χ1) is 13.9. The molecule has 174 valence electrons. The van der Waals surface area contributed by atoms with E-state index in [-0.39, 0.29) is 5.75 Å². The maximum absolute atomic E-state index is 11.6. The number of nitrogens with one attached hydrogen (secondary N) is 1. The molecule has 1 aliphatic carbocycles. The second kappa shape index (κ2) is 6.44. The van der Waals surface area contributed by atoms with Gasteiger partial charge in [-0.2, -0.15) is 0 Å². The van der Waals surface area contributed by atoms with E-state index < -0.39 is 64.4 Å². The van der Waals surface area contributed by atoms with E-state index in [0.717, 1.165) is 25.3 Å². The Hall–Kier alpha value is -2.15. The van der Waals surface area contributed by atoms with Crippen LogP contribution in [0.15, 0.2) is 18.2 Å². The fourth-order valence-corrected chi connectivity index (χ4v) is 3.48. The number of ether oxygens (including phenoxy) is 2. The van der Waals surface area contributed by atoms with Crippen LogP contribution in [0.3, 0.4) is 0 Å². The number of amides is 1. The van der Waals surface area contributed by atoms with E-state index in [1.54, 1.807) is 5.32 Å². The van der Waals surface area contributed by atoms with Crippen LogP contribution in [-0.2, 0) is 10.4 Å². The number of carbonyl (C=O) groups excluding carboxylic acids is 1. The summed E-state index contributed by atoms with van der Waals surface area (Å²) in [5, 5.41) is 111. The van der Waals surface area contributed by atoms with Gasteiger partial charge in [0.2, 0.25) is 12.0 Å². The van der Waals surface area contributed by atoms with Crippen molar-refractivity contribution in [2.45, 2.75) is 47.2 Å². The van der Waals surface area contributed by atoms with Gasteiger partial charge in [-0.25, -0.2) is 0 Å². The summed E-state index contributed by atoms with van der Waals surface area (Å²) < 4.78 is 9.92. The van der Waals surface area contributed by atoms with Crippen molar-refractivity contribution >= 4 is 5.91 Å². The summed E-state index contributed by atoms with van der Waals surface area (Å²) in [4.78, 5) is 11.6. The minimum absolute atomic E-state index is 0.312. The lowest BCUT2D eigenvalue weighted by Gasteiger charge is -2.34. The second-order valence-electron chi connectivity index (χ2n) is 7.42. The Balaban J connectivity index is 2.10. The molecule has 1 amide bonds. The highest BCUT2D eigenvalue weighted by atomic mass is 16.7. The van der Waals surface area contributed by atoms with Crippen molar-refractivity contribution in [1.82, 2.24) is 5.32 Å². The third-order valence-electron chi connectivity index (χ3n) is 5.44. The van der Waals surface area contributed by atoms with Gasteiger partial charge in [-0.05, 0) is 17.7 Å². The zero-order valence-electron chi connectivity index (χ0n) is 15.7. The van der Waals surface area contributed by atoms with Gasteiger partial charge in [0.1, 0.15) is 0 Å². The monoisotopic (exact) mass is 451 g/mol. The predicted octanol–water partition coefficient (Wildman–Crippen LogP) is -6.47. The SMILES string of the molecule is COc1ccc(C2(O)CC(=O)NC2(O)O)cc1OC1C(O)(O)C(O)(O)C(O)(O)C1(O)O. The number of hydrogen-bond donors (Lipinski definition) is 12. The molecule has 0 spiro atoms. The van der Waals surface area contributed by atoms with E-state index in [4.69, 9.17) is 9.47 Å². The van der Waals surface area contributed by atoms with Gasteiger partial charge in [-0.1, -0.05) is 6.07 Å². The van der Waals surface area contributed by atoms with Gasteiger partial charge in [0.05, 0.1) is 13.5 Å². The van der Waals surface area contributed by atoms with Gasteiger partial charge in [0.15, 0.2) is 17.1 Å². The number of carbonyl (C=O) groups is 1. The lowest BCUT2D eigenvalue weighted by Crippen LogP contribution is -2.66. The van der Waals surface area contributed by atoms with Crippen LogP contribution < -0.4 is 14.8 Å². The summed E-state index contributed by atoms with van der Waals surface area (Å²) in [6.07, 6.45) is -3.82. The van der Waals surface area contributed by atoms with Crippen molar-refractivity contribution in [1.29, 1.82) is 0 Å². The molecule has 1 unspecified atom stereocenters. The van der Waals surface area contributed by atoms with Crippen LogP contribution in [0.5, 0.6) is 11.5 Å². The number of aliphatic hydroxyl groups is 11. The predicted molar refractivity (Wildman–Crippen MR) is 89.9 cm³/mol. The van der Waals surface area contributed by atoms with E-state index in [1.165, 1.54) is 0 Å². The van der Waals surface area contributed by atoms with Gasteiger partial charge < -0.3 is 71.0 Å². The van der Waals surface area contributed by atoms with Crippen LogP contribution in [0, 0.1) is 0 Å². The quantitative estimate of drug-likeness (QED) is 0.190. The zero-order chi connectivity index (χ0) is 23.8. The summed E-state index contributed by atoms with van der Waals surface area (Å²) in [6.45, 7) is 0. The van der Waals surface area contributed by atoms with Crippen LogP contribution in [0.25, 0.3) is 0 Å². The van der Waals surface area contributed by atoms with E-state index in [9.17, 15) is 61.0 Å². The molecular weight excluding hydrogens is 430 g/mol. The van der Waals surface area contributed by atoms with Crippen LogP contribution in [0.4, 0.5) is 0 Å². The molecule has 0 radical (unpaired) electrons. The molecule has 1 heterocycles. The average molecular weight is 451 g/mol. The first-order valence-corrected chi connectivity index (χ1v) is 8.49. The molecule has 1 saturated carbocycles. The van der Waals surface area contributed by atoms with Crippen molar-refractivity contribution in [2.75, 3.05) is 7.11 Å². The van der Waals surface area contributed by atoms with E-state index in [2.05, 4.69) is 0 Å². The topological polar surface area (TPSA) is 270 Å². The first-order valence-electron chi connectivity index (χ1n) is 8.49. The summed E-state index contributed by atoms with van der Waals surface area (Å²) in [5.74, 6) is -22.0. The second-order valence-corrected chi connectivity index (χ2v) is 7.42. The number of hydrogen-bond acceptors (Lipinski definition) is 14. The fraction of sp³-hybridized carbons (Fsp3) is 0.562. The molecular formula is C16H21NO14. The molecule has 0 aromatic heterocycles. The normalized spacial score (nSPS) is 30.1.